The molecule has 142 valence electrons. The minimum Gasteiger partial charge on any atom is -0.353 e. The Morgan fingerprint density at radius 2 is 2.04 bits per heavy atom. The lowest BCUT2D eigenvalue weighted by Gasteiger charge is -2.30. The van der Waals surface area contributed by atoms with E-state index in [2.05, 4.69) is 19.8 Å². The van der Waals surface area contributed by atoms with Crippen molar-refractivity contribution in [3.63, 3.8) is 0 Å². The van der Waals surface area contributed by atoms with Crippen LogP contribution >= 0.6 is 0 Å². The van der Waals surface area contributed by atoms with Gasteiger partial charge >= 0.3 is 16.4 Å². The summed E-state index contributed by atoms with van der Waals surface area (Å²) in [5, 5.41) is 6.74. The molecule has 0 spiro atoms. The normalized spacial score (nSPS) is 27.6. The molecule has 0 unspecified atom stereocenters. The van der Waals surface area contributed by atoms with Crippen molar-refractivity contribution in [2.75, 3.05) is 45.8 Å². The van der Waals surface area contributed by atoms with Gasteiger partial charge in [0.25, 0.3) is 0 Å². The van der Waals surface area contributed by atoms with Crippen LogP contribution in [0, 0.1) is 0 Å². The van der Waals surface area contributed by atoms with Gasteiger partial charge in [-0.2, -0.15) is 13.5 Å². The summed E-state index contributed by atoms with van der Waals surface area (Å²) in [6, 6.07) is -1.86. The molecule has 0 radical (unpaired) electrons. The van der Waals surface area contributed by atoms with Gasteiger partial charge in [-0.3, -0.25) is 14.2 Å². The average Bonchev–Trinajstić information content (AvgIpc) is 2.79. The summed E-state index contributed by atoms with van der Waals surface area (Å²) in [5.74, 6) is -0.254. The van der Waals surface area contributed by atoms with Crippen molar-refractivity contribution in [1.29, 1.82) is 0 Å². The van der Waals surface area contributed by atoms with Crippen molar-refractivity contribution < 1.29 is 26.8 Å². The second-order valence-corrected chi connectivity index (χ2v) is 7.40. The van der Waals surface area contributed by atoms with E-state index in [1.807, 2.05) is 0 Å². The number of nitrogens with one attached hydrogen (secondary N) is 2. The number of fused-ring (bicyclic) bond motifs is 2. The second kappa shape index (κ2) is 7.41. The lowest BCUT2D eigenvalue weighted by Crippen LogP contribution is -2.51. The zero-order chi connectivity index (χ0) is 18.0. The number of urea groups is 1. The number of hydroxylamine groups is 2. The molecule has 2 bridgehead atoms. The number of piperidine rings is 1. The van der Waals surface area contributed by atoms with E-state index >= 15 is 0 Å². The zero-order valence-corrected chi connectivity index (χ0v) is 14.6. The molecule has 3 saturated heterocycles. The van der Waals surface area contributed by atoms with Gasteiger partial charge in [0.05, 0.1) is 6.04 Å². The van der Waals surface area contributed by atoms with E-state index in [0.29, 0.717) is 24.4 Å². The van der Waals surface area contributed by atoms with Gasteiger partial charge in [-0.25, -0.2) is 4.79 Å². The van der Waals surface area contributed by atoms with E-state index in [1.165, 1.54) is 4.90 Å². The topological polar surface area (TPSA) is 132 Å². The summed E-state index contributed by atoms with van der Waals surface area (Å²) in [6.45, 7) is 5.18. The van der Waals surface area contributed by atoms with Crippen LogP contribution in [0.4, 0.5) is 4.79 Å². The van der Waals surface area contributed by atoms with E-state index in [1.54, 1.807) is 0 Å². The average molecular weight is 377 g/mol. The van der Waals surface area contributed by atoms with E-state index in [4.69, 9.17) is 4.55 Å². The summed E-state index contributed by atoms with van der Waals surface area (Å²) in [6.07, 6.45) is 0.842. The van der Waals surface area contributed by atoms with E-state index < -0.39 is 28.5 Å². The number of hydrogen-bond donors (Lipinski definition) is 3. The lowest BCUT2D eigenvalue weighted by atomic mass is 10.0. The molecule has 3 aliphatic heterocycles. The first kappa shape index (κ1) is 18.3. The number of hydrogen-bond acceptors (Lipinski definition) is 7. The van der Waals surface area contributed by atoms with Gasteiger partial charge in [0.1, 0.15) is 6.04 Å². The molecular formula is C13H23N5O6S. The van der Waals surface area contributed by atoms with Gasteiger partial charge in [0.2, 0.25) is 5.91 Å². The molecule has 0 aromatic rings. The highest BCUT2D eigenvalue weighted by Gasteiger charge is 2.49. The predicted octanol–water partition coefficient (Wildman–Crippen LogP) is -1.99. The molecule has 25 heavy (non-hydrogen) atoms. The number of carbonyl (C=O) groups excluding carboxylic acids is 2. The third-order valence-electron chi connectivity index (χ3n) is 4.74. The lowest BCUT2D eigenvalue weighted by molar-refractivity contribution is -0.126. The van der Waals surface area contributed by atoms with Crippen LogP contribution in [-0.2, 0) is 19.5 Å². The van der Waals surface area contributed by atoms with Gasteiger partial charge in [-0.15, -0.1) is 4.28 Å². The molecule has 3 amide bonds. The largest absolute Gasteiger partial charge is 0.418 e. The summed E-state index contributed by atoms with van der Waals surface area (Å²) >= 11 is 0. The van der Waals surface area contributed by atoms with Crippen LogP contribution in [0.15, 0.2) is 0 Å². The van der Waals surface area contributed by atoms with Crippen LogP contribution in [0.2, 0.25) is 0 Å². The Morgan fingerprint density at radius 3 is 2.72 bits per heavy atom. The fourth-order valence-corrected chi connectivity index (χ4v) is 3.88. The summed E-state index contributed by atoms with van der Waals surface area (Å²) < 4.78 is 34.8. The first-order valence-corrected chi connectivity index (χ1v) is 9.69. The summed E-state index contributed by atoms with van der Waals surface area (Å²) in [5.41, 5.74) is 0. The van der Waals surface area contributed by atoms with Crippen LogP contribution in [0.5, 0.6) is 0 Å². The Hall–Kier alpha value is -1.47. The van der Waals surface area contributed by atoms with Crippen molar-refractivity contribution in [1.82, 2.24) is 25.5 Å². The highest BCUT2D eigenvalue weighted by atomic mass is 32.3. The first-order chi connectivity index (χ1) is 11.8. The van der Waals surface area contributed by atoms with Crippen LogP contribution in [0.1, 0.15) is 12.8 Å². The van der Waals surface area contributed by atoms with Crippen LogP contribution < -0.4 is 10.6 Å². The SMILES string of the molecule is O=C(NCCN1CCNCC1)[C@@H]1CC[C@@H]2CN1C(=O)N2OS(=O)(=O)O. The van der Waals surface area contributed by atoms with Crippen LogP contribution in [0.25, 0.3) is 0 Å². The van der Waals surface area contributed by atoms with Gasteiger partial charge in [-0.05, 0) is 12.8 Å². The molecule has 0 aromatic heterocycles. The Bertz CT molecular complexity index is 622. The fraction of sp³-hybridized carbons (Fsp3) is 0.846. The van der Waals surface area contributed by atoms with E-state index in [-0.39, 0.29) is 12.5 Å². The third-order valence-corrected chi connectivity index (χ3v) is 5.09. The predicted molar refractivity (Wildman–Crippen MR) is 85.7 cm³/mol. The third kappa shape index (κ3) is 4.39. The standard InChI is InChI=1S/C13H23N5O6S/c19-12(15-5-8-16-6-3-14-4-7-16)11-2-1-10-9-17(11)13(20)18(10)24-25(21,22)23/h10-11,14H,1-9H2,(H,15,19)(H,21,22,23)/t10-,11+/m1/s1. The van der Waals surface area contributed by atoms with Gasteiger partial charge in [-0.1, -0.05) is 0 Å². The van der Waals surface area contributed by atoms with Crippen molar-refractivity contribution >= 4 is 22.3 Å². The molecule has 3 N–H and O–H groups in total. The molecule has 11 nitrogen and oxygen atoms in total. The molecule has 0 aromatic carbocycles. The van der Waals surface area contributed by atoms with Gasteiger partial charge in [0.15, 0.2) is 0 Å². The Labute approximate surface area is 146 Å². The number of rotatable bonds is 6. The smallest absolute Gasteiger partial charge is 0.353 e. The highest BCUT2D eigenvalue weighted by molar-refractivity contribution is 7.80. The molecule has 3 rings (SSSR count). The number of nitrogens with zero attached hydrogens (tertiary/aromatic N) is 3. The van der Waals surface area contributed by atoms with Gasteiger partial charge in [0, 0.05) is 45.8 Å². The maximum Gasteiger partial charge on any atom is 0.418 e. The Balaban J connectivity index is 1.51. The molecule has 3 heterocycles. The van der Waals surface area contributed by atoms with Crippen molar-refractivity contribution in [3.8, 4) is 0 Å². The van der Waals surface area contributed by atoms with Crippen molar-refractivity contribution in [2.24, 2.45) is 0 Å². The molecule has 12 heteroatoms. The molecule has 2 atom stereocenters. The highest BCUT2D eigenvalue weighted by Crippen LogP contribution is 2.30. The number of carbonyl (C=O) groups is 2. The Morgan fingerprint density at radius 1 is 1.32 bits per heavy atom. The molecule has 0 aliphatic carbocycles. The first-order valence-electron chi connectivity index (χ1n) is 8.33. The summed E-state index contributed by atoms with van der Waals surface area (Å²) in [4.78, 5) is 28.2. The van der Waals surface area contributed by atoms with Gasteiger partial charge < -0.3 is 15.5 Å². The second-order valence-electron chi connectivity index (χ2n) is 6.39. The summed E-state index contributed by atoms with van der Waals surface area (Å²) in [7, 11) is -4.78. The minimum absolute atomic E-state index is 0.199. The molecule has 0 saturated carbocycles. The monoisotopic (exact) mass is 377 g/mol. The quantitative estimate of drug-likeness (QED) is 0.454. The number of amides is 3. The van der Waals surface area contributed by atoms with E-state index in [0.717, 1.165) is 32.7 Å². The molecule has 3 aliphatic rings. The zero-order valence-electron chi connectivity index (χ0n) is 13.8. The maximum absolute atomic E-state index is 12.4. The fourth-order valence-electron chi connectivity index (χ4n) is 3.49. The molecular weight excluding hydrogens is 354 g/mol. The van der Waals surface area contributed by atoms with Crippen molar-refractivity contribution in [2.45, 2.75) is 24.9 Å². The van der Waals surface area contributed by atoms with Crippen molar-refractivity contribution in [3.05, 3.63) is 0 Å². The Kier molecular flexibility index (Phi) is 5.43. The van der Waals surface area contributed by atoms with Crippen LogP contribution in [-0.4, -0.2) is 97.7 Å². The number of piperazine rings is 1. The van der Waals surface area contributed by atoms with E-state index in [9.17, 15) is 18.0 Å². The van der Waals surface area contributed by atoms with Crippen LogP contribution in [0.3, 0.4) is 0 Å². The maximum atomic E-state index is 12.4. The molecule has 3 fully saturated rings. The minimum atomic E-state index is -4.78.